The van der Waals surface area contributed by atoms with E-state index in [0.29, 0.717) is 10.6 Å². The minimum atomic E-state index is -4.39. The fraction of sp³-hybridized carbons (Fsp3) is 0.412. The number of benzene rings is 1. The first kappa shape index (κ1) is 18.6. The maximum absolute atomic E-state index is 12.6. The van der Waals surface area contributed by atoms with Gasteiger partial charge in [0.25, 0.3) is 0 Å². The molecule has 0 atom stereocenters. The predicted octanol–water partition coefficient (Wildman–Crippen LogP) is 4.24. The fourth-order valence-corrected chi connectivity index (χ4v) is 2.95. The molecule has 0 aromatic heterocycles. The number of carbonyl (C=O) groups is 2. The molecule has 0 unspecified atom stereocenters. The van der Waals surface area contributed by atoms with E-state index in [4.69, 9.17) is 0 Å². The third-order valence-electron chi connectivity index (χ3n) is 3.53. The van der Waals surface area contributed by atoms with Gasteiger partial charge in [-0.15, -0.1) is 0 Å². The summed E-state index contributed by atoms with van der Waals surface area (Å²) in [7, 11) is 0. The Balaban J connectivity index is 2.19. The number of hydrogen-bond donors (Lipinski definition) is 0. The number of allylic oxidation sites excluding steroid dienone is 1. The second-order valence-corrected chi connectivity index (χ2v) is 7.56. The summed E-state index contributed by atoms with van der Waals surface area (Å²) in [4.78, 5) is 25.6. The van der Waals surface area contributed by atoms with Gasteiger partial charge in [-0.2, -0.15) is 13.2 Å². The third kappa shape index (κ3) is 4.41. The molecule has 0 saturated carbocycles. The van der Waals surface area contributed by atoms with Crippen LogP contribution in [0.25, 0.3) is 0 Å². The van der Waals surface area contributed by atoms with Crippen LogP contribution in [0.2, 0.25) is 0 Å². The maximum atomic E-state index is 12.6. The van der Waals surface area contributed by atoms with Crippen molar-refractivity contribution >= 4 is 23.5 Å². The van der Waals surface area contributed by atoms with E-state index in [1.807, 2.05) is 0 Å². The number of thioether (sulfide) groups is 1. The van der Waals surface area contributed by atoms with E-state index < -0.39 is 17.2 Å². The van der Waals surface area contributed by atoms with Gasteiger partial charge in [-0.1, -0.05) is 44.7 Å². The molecule has 0 radical (unpaired) electrons. The van der Waals surface area contributed by atoms with Gasteiger partial charge >= 0.3 is 6.18 Å². The normalized spacial score (nSPS) is 17.7. The molecule has 1 aliphatic rings. The predicted molar refractivity (Wildman–Crippen MR) is 87.0 cm³/mol. The molecule has 1 heterocycles. The summed E-state index contributed by atoms with van der Waals surface area (Å²) in [5.41, 5.74) is -0.709. The highest BCUT2D eigenvalue weighted by molar-refractivity contribution is 8.04. The molecule has 1 saturated heterocycles. The third-order valence-corrected chi connectivity index (χ3v) is 4.55. The Bertz CT molecular complexity index is 673. The van der Waals surface area contributed by atoms with Crippen LogP contribution in [0.1, 0.15) is 31.9 Å². The molecule has 1 aliphatic heterocycles. The van der Waals surface area contributed by atoms with Crippen LogP contribution in [-0.4, -0.2) is 22.3 Å². The van der Waals surface area contributed by atoms with Gasteiger partial charge in [-0.25, -0.2) is 0 Å². The molecule has 130 valence electrons. The van der Waals surface area contributed by atoms with Crippen molar-refractivity contribution in [3.05, 3.63) is 46.5 Å². The highest BCUT2D eigenvalue weighted by Gasteiger charge is 2.31. The van der Waals surface area contributed by atoms with E-state index in [1.54, 1.807) is 20.8 Å². The highest BCUT2D eigenvalue weighted by atomic mass is 32.2. The van der Waals surface area contributed by atoms with Crippen molar-refractivity contribution in [2.75, 3.05) is 5.75 Å². The van der Waals surface area contributed by atoms with Gasteiger partial charge < -0.3 is 4.90 Å². The van der Waals surface area contributed by atoms with Crippen molar-refractivity contribution in [1.82, 2.24) is 4.90 Å². The molecule has 0 N–H and O–H groups in total. The first-order valence-corrected chi connectivity index (χ1v) is 8.32. The molecule has 1 aromatic carbocycles. The molecule has 2 rings (SSSR count). The number of alkyl halides is 3. The minimum absolute atomic E-state index is 0.0999. The average molecular weight is 357 g/mol. The number of hydrogen-bond acceptors (Lipinski definition) is 3. The van der Waals surface area contributed by atoms with Gasteiger partial charge in [0.2, 0.25) is 5.91 Å². The van der Waals surface area contributed by atoms with Crippen LogP contribution in [0.15, 0.2) is 35.4 Å². The summed E-state index contributed by atoms with van der Waals surface area (Å²) >= 11 is 1.27. The lowest BCUT2D eigenvalue weighted by Gasteiger charge is -2.19. The van der Waals surface area contributed by atoms with Gasteiger partial charge in [0, 0.05) is 11.5 Å². The Morgan fingerprint density at radius 2 is 1.79 bits per heavy atom. The standard InChI is InChI=1S/C17H18F3NO2S/c1-16(2,3)13(22)8-15-21(14(23)10-24-15)9-11-4-6-12(7-5-11)17(18,19)20/h4-8H,9-10H2,1-3H3/b15-8-. The van der Waals surface area contributed by atoms with Crippen LogP contribution in [0.4, 0.5) is 13.2 Å². The van der Waals surface area contributed by atoms with Crippen molar-refractivity contribution in [2.45, 2.75) is 33.5 Å². The lowest BCUT2D eigenvalue weighted by molar-refractivity contribution is -0.137. The number of ketones is 1. The number of rotatable bonds is 3. The van der Waals surface area contributed by atoms with Crippen molar-refractivity contribution in [3.8, 4) is 0 Å². The summed E-state index contributed by atoms with van der Waals surface area (Å²) in [6.07, 6.45) is -2.94. The first-order chi connectivity index (χ1) is 11.0. The Morgan fingerprint density at radius 1 is 1.21 bits per heavy atom. The van der Waals surface area contributed by atoms with Crippen molar-refractivity contribution in [1.29, 1.82) is 0 Å². The lowest BCUT2D eigenvalue weighted by Crippen LogP contribution is -2.26. The van der Waals surface area contributed by atoms with Crippen LogP contribution in [-0.2, 0) is 22.3 Å². The zero-order valence-corrected chi connectivity index (χ0v) is 14.4. The second kappa shape index (κ2) is 6.63. The molecule has 3 nitrogen and oxygen atoms in total. The van der Waals surface area contributed by atoms with E-state index in [0.717, 1.165) is 12.1 Å². The summed E-state index contributed by atoms with van der Waals surface area (Å²) in [5, 5.41) is 0.542. The first-order valence-electron chi connectivity index (χ1n) is 7.34. The average Bonchev–Trinajstić information content (AvgIpc) is 2.79. The summed E-state index contributed by atoms with van der Waals surface area (Å²) in [6.45, 7) is 5.50. The Labute approximate surface area is 142 Å². The number of carbonyl (C=O) groups excluding carboxylic acids is 2. The summed E-state index contributed by atoms with van der Waals surface area (Å²) < 4.78 is 37.8. The fourth-order valence-electron chi connectivity index (χ4n) is 2.01. The van der Waals surface area contributed by atoms with Crippen molar-refractivity contribution in [2.24, 2.45) is 5.41 Å². The maximum Gasteiger partial charge on any atom is 0.416 e. The topological polar surface area (TPSA) is 37.4 Å². The number of nitrogens with zero attached hydrogens (tertiary/aromatic N) is 1. The van der Waals surface area contributed by atoms with Gasteiger partial charge in [0.15, 0.2) is 5.78 Å². The van der Waals surface area contributed by atoms with Crippen LogP contribution in [0.3, 0.4) is 0 Å². The SMILES string of the molecule is CC(C)(C)C(=O)/C=C1\SCC(=O)N1Cc1ccc(C(F)(F)F)cc1. The van der Waals surface area contributed by atoms with Gasteiger partial charge in [0.05, 0.1) is 22.9 Å². The van der Waals surface area contributed by atoms with Crippen LogP contribution < -0.4 is 0 Å². The van der Waals surface area contributed by atoms with Crippen LogP contribution >= 0.6 is 11.8 Å². The summed E-state index contributed by atoms with van der Waals surface area (Å²) in [6, 6.07) is 4.68. The Morgan fingerprint density at radius 3 is 2.29 bits per heavy atom. The molecule has 24 heavy (non-hydrogen) atoms. The van der Waals surface area contributed by atoms with Crippen molar-refractivity contribution in [3.63, 3.8) is 0 Å². The van der Waals surface area contributed by atoms with Crippen LogP contribution in [0.5, 0.6) is 0 Å². The largest absolute Gasteiger partial charge is 0.416 e. The molecule has 1 amide bonds. The molecule has 1 fully saturated rings. The zero-order chi connectivity index (χ0) is 18.1. The number of halogens is 3. The smallest absolute Gasteiger partial charge is 0.301 e. The van der Waals surface area contributed by atoms with E-state index in [9.17, 15) is 22.8 Å². The monoisotopic (exact) mass is 357 g/mol. The molecule has 7 heteroatoms. The molecule has 0 bridgehead atoms. The van der Waals surface area contributed by atoms with E-state index in [-0.39, 0.29) is 24.0 Å². The van der Waals surface area contributed by atoms with E-state index >= 15 is 0 Å². The van der Waals surface area contributed by atoms with E-state index in [1.165, 1.54) is 34.9 Å². The Kier molecular flexibility index (Phi) is 5.13. The molecular formula is C17H18F3NO2S. The van der Waals surface area contributed by atoms with Gasteiger partial charge in [0.1, 0.15) is 0 Å². The quantitative estimate of drug-likeness (QED) is 0.760. The van der Waals surface area contributed by atoms with Crippen LogP contribution in [0, 0.1) is 5.41 Å². The summed E-state index contributed by atoms with van der Waals surface area (Å²) in [5.74, 6) is -0.0332. The van der Waals surface area contributed by atoms with Gasteiger partial charge in [-0.05, 0) is 17.7 Å². The minimum Gasteiger partial charge on any atom is -0.301 e. The Hall–Kier alpha value is -1.76. The number of amides is 1. The highest BCUT2D eigenvalue weighted by Crippen LogP contribution is 2.33. The lowest BCUT2D eigenvalue weighted by atomic mass is 9.91. The molecule has 1 aromatic rings. The van der Waals surface area contributed by atoms with Crippen molar-refractivity contribution < 1.29 is 22.8 Å². The zero-order valence-electron chi connectivity index (χ0n) is 13.6. The second-order valence-electron chi connectivity index (χ2n) is 6.56. The molecular weight excluding hydrogens is 339 g/mol. The molecule has 0 spiro atoms. The molecule has 0 aliphatic carbocycles. The van der Waals surface area contributed by atoms with Gasteiger partial charge in [-0.3, -0.25) is 9.59 Å². The van der Waals surface area contributed by atoms with E-state index in [2.05, 4.69) is 0 Å².